The average Bonchev–Trinajstić information content (AvgIpc) is 2.95. The van der Waals surface area contributed by atoms with Crippen molar-refractivity contribution in [2.24, 2.45) is 5.10 Å². The standard InChI is InChI=1S/C27H25ClN4O6S/c1-36-21-10-9-18-13-19(27(28)30-23(18)14-21)16-29-31-26(33)17-32(20-7-5-4-6-8-20)39(34,35)22-11-12-24(37-2)25(15-22)38-3/h4-16H,17H2,1-3H3,(H,31,33)/b29-16-. The first-order valence-electron chi connectivity index (χ1n) is 11.5. The minimum absolute atomic E-state index is 0.0778. The van der Waals surface area contributed by atoms with Crippen LogP contribution in [0.3, 0.4) is 0 Å². The number of sulfonamides is 1. The number of rotatable bonds is 10. The van der Waals surface area contributed by atoms with Crippen molar-refractivity contribution in [3.05, 3.63) is 83.5 Å². The van der Waals surface area contributed by atoms with Gasteiger partial charge in [0.1, 0.15) is 17.4 Å². The molecular formula is C27H25ClN4O6S. The molecule has 0 aliphatic carbocycles. The highest BCUT2D eigenvalue weighted by molar-refractivity contribution is 7.92. The summed E-state index contributed by atoms with van der Waals surface area (Å²) in [6.45, 7) is -0.540. The Balaban J connectivity index is 1.56. The van der Waals surface area contributed by atoms with Crippen LogP contribution >= 0.6 is 11.6 Å². The van der Waals surface area contributed by atoms with Crippen molar-refractivity contribution < 1.29 is 27.4 Å². The van der Waals surface area contributed by atoms with Crippen molar-refractivity contribution in [2.75, 3.05) is 32.2 Å². The summed E-state index contributed by atoms with van der Waals surface area (Å²) in [7, 11) is 0.238. The molecule has 3 aromatic carbocycles. The average molecular weight is 569 g/mol. The van der Waals surface area contributed by atoms with E-state index in [1.165, 1.54) is 38.6 Å². The molecule has 0 unspecified atom stereocenters. The van der Waals surface area contributed by atoms with Crippen LogP contribution in [0.4, 0.5) is 5.69 Å². The Morgan fingerprint density at radius 1 is 0.974 bits per heavy atom. The van der Waals surface area contributed by atoms with Crippen LogP contribution in [0.1, 0.15) is 5.56 Å². The van der Waals surface area contributed by atoms with E-state index in [-0.39, 0.29) is 15.8 Å². The summed E-state index contributed by atoms with van der Waals surface area (Å²) in [5, 5.41) is 4.93. The van der Waals surface area contributed by atoms with Crippen LogP contribution < -0.4 is 23.9 Å². The molecule has 1 N–H and O–H groups in total. The number of anilines is 1. The number of benzene rings is 3. The number of pyridine rings is 1. The van der Waals surface area contributed by atoms with Gasteiger partial charge in [0.2, 0.25) is 0 Å². The third-order valence-electron chi connectivity index (χ3n) is 5.67. The summed E-state index contributed by atoms with van der Waals surface area (Å²) in [5.41, 5.74) is 3.76. The molecule has 0 bridgehead atoms. The molecule has 1 aromatic heterocycles. The molecule has 202 valence electrons. The maximum absolute atomic E-state index is 13.6. The molecule has 39 heavy (non-hydrogen) atoms. The fraction of sp³-hybridized carbons (Fsp3) is 0.148. The summed E-state index contributed by atoms with van der Waals surface area (Å²) in [6.07, 6.45) is 1.34. The van der Waals surface area contributed by atoms with Crippen LogP contribution in [0.5, 0.6) is 17.2 Å². The smallest absolute Gasteiger partial charge is 0.264 e. The van der Waals surface area contributed by atoms with Crippen molar-refractivity contribution in [3.63, 3.8) is 0 Å². The van der Waals surface area contributed by atoms with Gasteiger partial charge in [0.05, 0.1) is 43.6 Å². The first-order valence-corrected chi connectivity index (χ1v) is 13.3. The number of nitrogens with zero attached hydrogens (tertiary/aromatic N) is 3. The first-order chi connectivity index (χ1) is 18.8. The molecule has 0 radical (unpaired) electrons. The molecule has 0 saturated carbocycles. The number of hydrazone groups is 1. The van der Waals surface area contributed by atoms with Crippen LogP contribution in [-0.2, 0) is 14.8 Å². The molecule has 0 aliphatic rings. The fourth-order valence-electron chi connectivity index (χ4n) is 3.71. The zero-order valence-corrected chi connectivity index (χ0v) is 22.9. The van der Waals surface area contributed by atoms with E-state index >= 15 is 0 Å². The molecule has 1 heterocycles. The molecule has 4 aromatic rings. The van der Waals surface area contributed by atoms with Gasteiger partial charge in [0.25, 0.3) is 15.9 Å². The first kappa shape index (κ1) is 27.7. The van der Waals surface area contributed by atoms with Gasteiger partial charge >= 0.3 is 0 Å². The van der Waals surface area contributed by atoms with Crippen molar-refractivity contribution >= 4 is 50.3 Å². The number of ether oxygens (including phenoxy) is 3. The van der Waals surface area contributed by atoms with Gasteiger partial charge in [0.15, 0.2) is 11.5 Å². The third-order valence-corrected chi connectivity index (χ3v) is 7.75. The number of halogens is 1. The summed E-state index contributed by atoms with van der Waals surface area (Å²) < 4.78 is 43.9. The summed E-state index contributed by atoms with van der Waals surface area (Å²) in [4.78, 5) is 17.1. The molecule has 0 fully saturated rings. The van der Waals surface area contributed by atoms with E-state index in [2.05, 4.69) is 15.5 Å². The second-order valence-corrected chi connectivity index (χ2v) is 10.3. The number of amides is 1. The zero-order chi connectivity index (χ0) is 28.0. The Kier molecular flexibility index (Phi) is 8.52. The van der Waals surface area contributed by atoms with Gasteiger partial charge in [-0.1, -0.05) is 29.8 Å². The molecule has 0 saturated heterocycles. The van der Waals surface area contributed by atoms with E-state index in [1.54, 1.807) is 55.6 Å². The third kappa shape index (κ3) is 6.21. The van der Waals surface area contributed by atoms with Gasteiger partial charge in [-0.3, -0.25) is 9.10 Å². The number of hydrogen-bond acceptors (Lipinski definition) is 8. The highest BCUT2D eigenvalue weighted by Crippen LogP contribution is 2.32. The summed E-state index contributed by atoms with van der Waals surface area (Å²) in [5.74, 6) is 0.579. The molecule has 0 aliphatic heterocycles. The normalized spacial score (nSPS) is 11.4. The molecular weight excluding hydrogens is 544 g/mol. The fourth-order valence-corrected chi connectivity index (χ4v) is 5.34. The highest BCUT2D eigenvalue weighted by atomic mass is 35.5. The Hall–Kier alpha value is -4.35. The Labute approximate surface area is 230 Å². The minimum atomic E-state index is -4.18. The Morgan fingerprint density at radius 2 is 1.72 bits per heavy atom. The quantitative estimate of drug-likeness (QED) is 0.172. The summed E-state index contributed by atoms with van der Waals surface area (Å²) >= 11 is 6.29. The highest BCUT2D eigenvalue weighted by Gasteiger charge is 2.28. The molecule has 4 rings (SSSR count). The van der Waals surface area contributed by atoms with Crippen molar-refractivity contribution in [3.8, 4) is 17.2 Å². The van der Waals surface area contributed by atoms with E-state index in [9.17, 15) is 13.2 Å². The van der Waals surface area contributed by atoms with Crippen molar-refractivity contribution in [2.45, 2.75) is 4.90 Å². The number of carbonyl (C=O) groups is 1. The number of fused-ring (bicyclic) bond motifs is 1. The van der Waals surface area contributed by atoms with Gasteiger partial charge in [-0.05, 0) is 42.5 Å². The molecule has 10 nitrogen and oxygen atoms in total. The lowest BCUT2D eigenvalue weighted by atomic mass is 10.1. The van der Waals surface area contributed by atoms with E-state index in [0.717, 1.165) is 9.69 Å². The lowest BCUT2D eigenvalue weighted by molar-refractivity contribution is -0.119. The zero-order valence-electron chi connectivity index (χ0n) is 21.3. The Bertz CT molecular complexity index is 1630. The number of para-hydroxylation sites is 1. The van der Waals surface area contributed by atoms with Crippen LogP contribution in [0.25, 0.3) is 10.9 Å². The lowest BCUT2D eigenvalue weighted by Gasteiger charge is -2.24. The van der Waals surface area contributed by atoms with Gasteiger partial charge in [0, 0.05) is 23.1 Å². The topological polar surface area (TPSA) is 119 Å². The summed E-state index contributed by atoms with van der Waals surface area (Å²) in [6, 6.07) is 19.6. The number of carbonyl (C=O) groups excluding carboxylic acids is 1. The van der Waals surface area contributed by atoms with Crippen LogP contribution in [0.2, 0.25) is 5.15 Å². The maximum Gasteiger partial charge on any atom is 0.264 e. The predicted molar refractivity (Wildman–Crippen MR) is 150 cm³/mol. The maximum atomic E-state index is 13.6. The van der Waals surface area contributed by atoms with E-state index < -0.39 is 22.5 Å². The van der Waals surface area contributed by atoms with Crippen LogP contribution in [0, 0.1) is 0 Å². The van der Waals surface area contributed by atoms with Crippen LogP contribution in [0.15, 0.2) is 82.8 Å². The monoisotopic (exact) mass is 568 g/mol. The number of nitrogens with one attached hydrogen (secondary N) is 1. The molecule has 0 atom stereocenters. The lowest BCUT2D eigenvalue weighted by Crippen LogP contribution is -2.39. The van der Waals surface area contributed by atoms with E-state index in [1.807, 2.05) is 6.07 Å². The van der Waals surface area contributed by atoms with E-state index in [4.69, 9.17) is 25.8 Å². The van der Waals surface area contributed by atoms with Gasteiger partial charge in [-0.2, -0.15) is 5.10 Å². The van der Waals surface area contributed by atoms with Crippen LogP contribution in [-0.4, -0.2) is 53.4 Å². The largest absolute Gasteiger partial charge is 0.497 e. The number of methoxy groups -OCH3 is 3. The van der Waals surface area contributed by atoms with Crippen molar-refractivity contribution in [1.29, 1.82) is 0 Å². The SMILES string of the molecule is COc1ccc2cc(/C=N\NC(=O)CN(c3ccccc3)S(=O)(=O)c3ccc(OC)c(OC)c3)c(Cl)nc2c1. The Morgan fingerprint density at radius 3 is 2.41 bits per heavy atom. The molecule has 12 heteroatoms. The number of aromatic nitrogens is 1. The second-order valence-electron chi connectivity index (χ2n) is 8.08. The van der Waals surface area contributed by atoms with Gasteiger partial charge in [-0.15, -0.1) is 0 Å². The minimum Gasteiger partial charge on any atom is -0.497 e. The van der Waals surface area contributed by atoms with Gasteiger partial charge in [-0.25, -0.2) is 18.8 Å². The predicted octanol–water partition coefficient (Wildman–Crippen LogP) is 4.26. The molecule has 0 spiro atoms. The second kappa shape index (κ2) is 12.0. The van der Waals surface area contributed by atoms with E-state index in [0.29, 0.717) is 28.3 Å². The number of hydrogen-bond donors (Lipinski definition) is 1. The van der Waals surface area contributed by atoms with Crippen molar-refractivity contribution in [1.82, 2.24) is 10.4 Å². The molecule has 1 amide bonds. The van der Waals surface area contributed by atoms with Gasteiger partial charge < -0.3 is 14.2 Å².